The molecule has 3 rings (SSSR count). The van der Waals surface area contributed by atoms with Crippen LogP contribution < -0.4 is 0 Å². The molecule has 0 bridgehead atoms. The number of rotatable bonds is 12. The van der Waals surface area contributed by atoms with E-state index in [9.17, 15) is 0 Å². The molecule has 0 fully saturated rings. The molecule has 0 N–H and O–H groups in total. The van der Waals surface area contributed by atoms with E-state index in [4.69, 9.17) is 10.5 Å². The molecule has 0 spiro atoms. The topological polar surface area (TPSA) is 106 Å². The van der Waals surface area contributed by atoms with E-state index in [0.717, 1.165) is 33.9 Å². The lowest BCUT2D eigenvalue weighted by Gasteiger charge is -2.19. The summed E-state index contributed by atoms with van der Waals surface area (Å²) in [7, 11) is 4.06. The Morgan fingerprint density at radius 1 is 0.676 bits per heavy atom. The largest absolute Gasteiger partial charge is 0.295 e. The molecule has 0 saturated carbocycles. The molecule has 0 aliphatic carbocycles. The van der Waals surface area contributed by atoms with Crippen molar-refractivity contribution in [3.63, 3.8) is 0 Å². The third kappa shape index (κ3) is 7.70. The summed E-state index contributed by atoms with van der Waals surface area (Å²) in [5.41, 5.74) is 6.01. The molecule has 3 aromatic heterocycles. The van der Waals surface area contributed by atoms with Gasteiger partial charge >= 0.3 is 0 Å². The molecule has 3 aromatic rings. The lowest BCUT2D eigenvalue weighted by Crippen LogP contribution is -2.21. The highest BCUT2D eigenvalue weighted by atomic mass is 15.1. The molecule has 0 amide bonds. The Morgan fingerprint density at radius 2 is 1.12 bits per heavy atom. The third-order valence-corrected chi connectivity index (χ3v) is 5.44. The van der Waals surface area contributed by atoms with Crippen molar-refractivity contribution in [1.29, 1.82) is 10.5 Å². The van der Waals surface area contributed by atoms with Crippen LogP contribution in [0.5, 0.6) is 0 Å². The summed E-state index contributed by atoms with van der Waals surface area (Å²) in [4.78, 5) is 22.5. The molecule has 0 aliphatic rings. The Bertz CT molecular complexity index is 1040. The van der Waals surface area contributed by atoms with Gasteiger partial charge in [0.2, 0.25) is 0 Å². The molecule has 3 heterocycles. The van der Waals surface area contributed by atoms with Crippen molar-refractivity contribution in [1.82, 2.24) is 29.7 Å². The van der Waals surface area contributed by atoms with Crippen LogP contribution in [0.1, 0.15) is 46.7 Å². The van der Waals surface area contributed by atoms with E-state index in [1.165, 1.54) is 0 Å². The molecule has 0 saturated heterocycles. The van der Waals surface area contributed by atoms with Crippen molar-refractivity contribution in [2.24, 2.45) is 0 Å². The normalized spacial score (nSPS) is 10.9. The Labute approximate surface area is 201 Å². The molecule has 0 aromatic carbocycles. The Kier molecular flexibility index (Phi) is 9.60. The van der Waals surface area contributed by atoms with Crippen LogP contribution in [0, 0.1) is 22.7 Å². The van der Waals surface area contributed by atoms with E-state index in [0.29, 0.717) is 51.9 Å². The number of aryl methyl sites for hydroxylation is 2. The van der Waals surface area contributed by atoms with Gasteiger partial charge in [0.25, 0.3) is 0 Å². The minimum atomic E-state index is 0.491. The molecular formula is C26H30N8. The maximum absolute atomic E-state index is 8.88. The van der Waals surface area contributed by atoms with Gasteiger partial charge in [0.05, 0.1) is 47.3 Å². The predicted molar refractivity (Wildman–Crippen MR) is 129 cm³/mol. The maximum atomic E-state index is 8.88. The van der Waals surface area contributed by atoms with Crippen LogP contribution >= 0.6 is 0 Å². The Balaban J connectivity index is 1.54. The highest BCUT2D eigenvalue weighted by Gasteiger charge is 2.11. The molecule has 0 atom stereocenters. The Morgan fingerprint density at radius 3 is 1.50 bits per heavy atom. The third-order valence-electron chi connectivity index (χ3n) is 5.44. The summed E-state index contributed by atoms with van der Waals surface area (Å²) in [6.07, 6.45) is 9.66. The van der Waals surface area contributed by atoms with Crippen molar-refractivity contribution < 1.29 is 0 Å². The summed E-state index contributed by atoms with van der Waals surface area (Å²) >= 11 is 0. The van der Waals surface area contributed by atoms with Gasteiger partial charge < -0.3 is 0 Å². The fraction of sp³-hybridized carbons (Fsp3) is 0.385. The first-order valence-electron chi connectivity index (χ1n) is 11.4. The fourth-order valence-electron chi connectivity index (χ4n) is 3.78. The van der Waals surface area contributed by atoms with Gasteiger partial charge in [-0.15, -0.1) is 0 Å². The summed E-state index contributed by atoms with van der Waals surface area (Å²) < 4.78 is 0. The average Bonchev–Trinajstić information content (AvgIpc) is 2.84. The summed E-state index contributed by atoms with van der Waals surface area (Å²) in [5, 5.41) is 17.8. The van der Waals surface area contributed by atoms with Gasteiger partial charge in [-0.25, -0.2) is 0 Å². The number of pyridine rings is 2. The van der Waals surface area contributed by atoms with Crippen molar-refractivity contribution in [3.8, 4) is 12.1 Å². The van der Waals surface area contributed by atoms with Crippen molar-refractivity contribution >= 4 is 0 Å². The van der Waals surface area contributed by atoms with Crippen LogP contribution in [0.2, 0.25) is 0 Å². The summed E-state index contributed by atoms with van der Waals surface area (Å²) in [5.74, 6) is 0. The molecule has 8 nitrogen and oxygen atoms in total. The zero-order valence-electron chi connectivity index (χ0n) is 19.9. The van der Waals surface area contributed by atoms with E-state index in [1.807, 2.05) is 50.8 Å². The molecule has 34 heavy (non-hydrogen) atoms. The lowest BCUT2D eigenvalue weighted by atomic mass is 10.1. The predicted octanol–water partition coefficient (Wildman–Crippen LogP) is 3.44. The van der Waals surface area contributed by atoms with Crippen molar-refractivity contribution in [2.75, 3.05) is 14.1 Å². The van der Waals surface area contributed by atoms with Crippen LogP contribution in [-0.4, -0.2) is 43.8 Å². The smallest absolute Gasteiger partial charge is 0.0727 e. The SMILES string of the molecule is CN(Cc1cnc(CN(C)Cc2ncccc2CCC#N)cn1)Cc1ncccc1CCC#N. The Hall–Kier alpha value is -3.72. The summed E-state index contributed by atoms with van der Waals surface area (Å²) in [6.45, 7) is 2.69. The number of hydrogen-bond acceptors (Lipinski definition) is 8. The minimum absolute atomic E-state index is 0.491. The number of hydrogen-bond donors (Lipinski definition) is 0. The first-order valence-corrected chi connectivity index (χ1v) is 11.4. The van der Waals surface area contributed by atoms with Gasteiger partial charge in [0.1, 0.15) is 0 Å². The van der Waals surface area contributed by atoms with Crippen molar-refractivity contribution in [2.45, 2.75) is 51.9 Å². The molecule has 0 radical (unpaired) electrons. The highest BCUT2D eigenvalue weighted by Crippen LogP contribution is 2.13. The molecular weight excluding hydrogens is 424 g/mol. The van der Waals surface area contributed by atoms with E-state index in [-0.39, 0.29) is 0 Å². The maximum Gasteiger partial charge on any atom is 0.0727 e. The first kappa shape index (κ1) is 24.9. The lowest BCUT2D eigenvalue weighted by molar-refractivity contribution is 0.304. The van der Waals surface area contributed by atoms with Gasteiger partial charge in [-0.3, -0.25) is 29.7 Å². The van der Waals surface area contributed by atoms with Gasteiger partial charge in [-0.2, -0.15) is 10.5 Å². The molecule has 8 heteroatoms. The standard InChI is InChI=1S/C26H30N8/c1-33(19-25-21(7-3-11-27)9-5-13-29-25)17-23-15-32-24(16-31-23)18-34(2)20-26-22(8-4-12-28)10-6-14-30-26/h5-6,9-10,13-16H,3-4,7-8,17-20H2,1-2H3. The van der Waals surface area contributed by atoms with E-state index < -0.39 is 0 Å². The van der Waals surface area contributed by atoms with E-state index in [1.54, 1.807) is 12.4 Å². The first-order chi connectivity index (χ1) is 16.6. The average molecular weight is 455 g/mol. The number of nitrogens with zero attached hydrogens (tertiary/aromatic N) is 8. The van der Waals surface area contributed by atoms with Crippen LogP contribution in [0.25, 0.3) is 0 Å². The monoisotopic (exact) mass is 454 g/mol. The van der Waals surface area contributed by atoms with Crippen LogP contribution in [-0.2, 0) is 39.0 Å². The van der Waals surface area contributed by atoms with E-state index >= 15 is 0 Å². The minimum Gasteiger partial charge on any atom is -0.295 e. The highest BCUT2D eigenvalue weighted by molar-refractivity contribution is 5.21. The van der Waals surface area contributed by atoms with E-state index in [2.05, 4.69) is 41.9 Å². The van der Waals surface area contributed by atoms with Gasteiger partial charge in [-0.05, 0) is 50.2 Å². The zero-order chi connectivity index (χ0) is 24.2. The molecule has 0 unspecified atom stereocenters. The molecule has 0 aliphatic heterocycles. The van der Waals surface area contributed by atoms with Crippen molar-refractivity contribution in [3.05, 3.63) is 83.0 Å². The second kappa shape index (κ2) is 13.1. The van der Waals surface area contributed by atoms with Gasteiger partial charge in [-0.1, -0.05) is 12.1 Å². The summed E-state index contributed by atoms with van der Waals surface area (Å²) in [6, 6.07) is 12.3. The number of aromatic nitrogens is 4. The second-order valence-electron chi connectivity index (χ2n) is 8.38. The number of nitriles is 2. The van der Waals surface area contributed by atoms with Gasteiger partial charge in [0.15, 0.2) is 0 Å². The van der Waals surface area contributed by atoms with Crippen LogP contribution in [0.15, 0.2) is 49.1 Å². The molecule has 174 valence electrons. The van der Waals surface area contributed by atoms with Crippen LogP contribution in [0.3, 0.4) is 0 Å². The second-order valence-corrected chi connectivity index (χ2v) is 8.38. The zero-order valence-corrected chi connectivity index (χ0v) is 19.9. The van der Waals surface area contributed by atoms with Crippen LogP contribution in [0.4, 0.5) is 0 Å². The fourth-order valence-corrected chi connectivity index (χ4v) is 3.78. The van der Waals surface area contributed by atoms with Gasteiger partial charge in [0, 0.05) is 51.4 Å². The quantitative estimate of drug-likeness (QED) is 0.410.